The second-order valence-electron chi connectivity index (χ2n) is 25.1. The van der Waals surface area contributed by atoms with Crippen molar-refractivity contribution >= 4 is 19.8 Å². The summed E-state index contributed by atoms with van der Waals surface area (Å²) in [6.45, 7) is 3.67. The fourth-order valence-electron chi connectivity index (χ4n) is 10.9. The van der Waals surface area contributed by atoms with Crippen molar-refractivity contribution in [1.82, 2.24) is 0 Å². The molecule has 0 aliphatic heterocycles. The number of nitrogens with two attached hydrogens (primary N) is 1. The van der Waals surface area contributed by atoms with Crippen molar-refractivity contribution < 1.29 is 37.6 Å². The van der Waals surface area contributed by atoms with Crippen molar-refractivity contribution in [3.63, 3.8) is 0 Å². The Morgan fingerprint density at radius 1 is 0.348 bits per heavy atom. The zero-order chi connectivity index (χ0) is 64.4. The van der Waals surface area contributed by atoms with E-state index in [2.05, 4.69) is 111 Å². The zero-order valence-electron chi connectivity index (χ0n) is 58.2. The Bertz CT molecular complexity index is 1780. The highest BCUT2D eigenvalue weighted by Crippen LogP contribution is 2.43. The number of hydrogen-bond acceptors (Lipinski definition) is 8. The van der Waals surface area contributed by atoms with Crippen LogP contribution in [0, 0.1) is 0 Å². The minimum Gasteiger partial charge on any atom is -0.462 e. The first-order valence-corrected chi connectivity index (χ1v) is 39.2. The normalized spacial score (nSPS) is 13.4. The molecule has 9 nitrogen and oxygen atoms in total. The molecule has 89 heavy (non-hydrogen) atoms. The van der Waals surface area contributed by atoms with Crippen molar-refractivity contribution in [1.29, 1.82) is 0 Å². The topological polar surface area (TPSA) is 134 Å². The molecule has 0 amide bonds. The second kappa shape index (κ2) is 74.0. The predicted octanol–water partition coefficient (Wildman–Crippen LogP) is 25.1. The van der Waals surface area contributed by atoms with E-state index in [1.807, 2.05) is 0 Å². The van der Waals surface area contributed by atoms with Crippen LogP contribution in [-0.2, 0) is 32.7 Å². The molecule has 0 spiro atoms. The number of hydrogen-bond donors (Lipinski definition) is 2. The van der Waals surface area contributed by atoms with Crippen molar-refractivity contribution in [3.8, 4) is 0 Å². The number of carbonyl (C=O) groups excluding carboxylic acids is 2. The third-order valence-electron chi connectivity index (χ3n) is 16.5. The second-order valence-corrected chi connectivity index (χ2v) is 26.6. The van der Waals surface area contributed by atoms with Crippen LogP contribution >= 0.6 is 7.82 Å². The van der Waals surface area contributed by atoms with Crippen LogP contribution in [-0.4, -0.2) is 49.3 Å². The molecule has 2 unspecified atom stereocenters. The lowest BCUT2D eigenvalue weighted by Crippen LogP contribution is -2.29. The first-order chi connectivity index (χ1) is 43.8. The summed E-state index contributed by atoms with van der Waals surface area (Å²) in [6.07, 6.45) is 101. The number of esters is 2. The van der Waals surface area contributed by atoms with Crippen LogP contribution in [0.5, 0.6) is 0 Å². The van der Waals surface area contributed by atoms with Crippen LogP contribution in [0.3, 0.4) is 0 Å². The van der Waals surface area contributed by atoms with Crippen molar-refractivity contribution in [2.45, 2.75) is 367 Å². The van der Waals surface area contributed by atoms with Gasteiger partial charge in [-0.1, -0.05) is 349 Å². The van der Waals surface area contributed by atoms with Crippen LogP contribution in [0.4, 0.5) is 0 Å². The molecule has 0 radical (unpaired) electrons. The molecule has 0 aliphatic rings. The summed E-state index contributed by atoms with van der Waals surface area (Å²) in [7, 11) is -4.40. The molecule has 0 saturated heterocycles. The van der Waals surface area contributed by atoms with E-state index >= 15 is 0 Å². The number of phosphoric ester groups is 1. The van der Waals surface area contributed by atoms with E-state index in [1.165, 1.54) is 244 Å². The van der Waals surface area contributed by atoms with Gasteiger partial charge in [0.05, 0.1) is 13.2 Å². The van der Waals surface area contributed by atoms with Gasteiger partial charge in [0.1, 0.15) is 6.61 Å². The molecule has 0 aromatic rings. The molecule has 2 atom stereocenters. The average molecular weight is 1260 g/mol. The molecule has 0 heterocycles. The van der Waals surface area contributed by atoms with Gasteiger partial charge in [-0.15, -0.1) is 0 Å². The molecule has 0 aliphatic carbocycles. The Morgan fingerprint density at radius 2 is 0.618 bits per heavy atom. The van der Waals surface area contributed by atoms with E-state index in [4.69, 9.17) is 24.3 Å². The third-order valence-corrected chi connectivity index (χ3v) is 17.4. The smallest absolute Gasteiger partial charge is 0.462 e. The number of rotatable bonds is 71. The van der Waals surface area contributed by atoms with Gasteiger partial charge in [-0.3, -0.25) is 18.6 Å². The molecule has 0 aromatic carbocycles. The highest BCUT2D eigenvalue weighted by Gasteiger charge is 2.26. The fourth-order valence-corrected chi connectivity index (χ4v) is 11.7. The number of carbonyl (C=O) groups is 2. The van der Waals surface area contributed by atoms with Crippen molar-refractivity contribution in [3.05, 3.63) is 97.2 Å². The minimum atomic E-state index is -4.40. The van der Waals surface area contributed by atoms with Gasteiger partial charge in [0.25, 0.3) is 0 Å². The maximum Gasteiger partial charge on any atom is 0.472 e. The molecule has 0 aromatic heterocycles. The van der Waals surface area contributed by atoms with E-state index in [9.17, 15) is 19.0 Å². The van der Waals surface area contributed by atoms with Gasteiger partial charge in [-0.25, -0.2) is 4.57 Å². The number of ether oxygens (including phenoxy) is 2. The van der Waals surface area contributed by atoms with E-state index in [1.54, 1.807) is 0 Å². The van der Waals surface area contributed by atoms with Crippen LogP contribution in [0.25, 0.3) is 0 Å². The molecular formula is C79H142NO8P. The lowest BCUT2D eigenvalue weighted by atomic mass is 10.0. The number of phosphoric acid groups is 1. The fraction of sp³-hybridized carbons (Fsp3) is 0.772. The molecule has 0 saturated carbocycles. The number of unbranched alkanes of at least 4 members (excludes halogenated alkanes) is 42. The highest BCUT2D eigenvalue weighted by atomic mass is 31.2. The van der Waals surface area contributed by atoms with Gasteiger partial charge in [0.15, 0.2) is 6.10 Å². The first kappa shape index (κ1) is 85.9. The van der Waals surface area contributed by atoms with E-state index in [0.29, 0.717) is 6.42 Å². The Balaban J connectivity index is 3.82. The zero-order valence-corrected chi connectivity index (χ0v) is 59.1. The Morgan fingerprint density at radius 3 is 0.921 bits per heavy atom. The van der Waals surface area contributed by atoms with E-state index in [-0.39, 0.29) is 38.6 Å². The maximum atomic E-state index is 12.8. The van der Waals surface area contributed by atoms with Gasteiger partial charge in [0.2, 0.25) is 0 Å². The summed E-state index contributed by atoms with van der Waals surface area (Å²) < 4.78 is 33.2. The van der Waals surface area contributed by atoms with Crippen LogP contribution in [0.15, 0.2) is 97.2 Å². The average Bonchev–Trinajstić information content (AvgIpc) is 3.66. The Labute approximate surface area is 550 Å². The van der Waals surface area contributed by atoms with Crippen molar-refractivity contribution in [2.24, 2.45) is 5.73 Å². The largest absolute Gasteiger partial charge is 0.472 e. The first-order valence-electron chi connectivity index (χ1n) is 37.7. The monoisotopic (exact) mass is 1260 g/mol. The lowest BCUT2D eigenvalue weighted by Gasteiger charge is -2.19. The van der Waals surface area contributed by atoms with Gasteiger partial charge in [-0.2, -0.15) is 0 Å². The Hall–Kier alpha value is -3.07. The molecule has 10 heteroatoms. The third kappa shape index (κ3) is 73.9. The molecular weight excluding hydrogens is 1120 g/mol. The van der Waals surface area contributed by atoms with Crippen LogP contribution in [0.2, 0.25) is 0 Å². The molecule has 3 N–H and O–H groups in total. The molecule has 0 rings (SSSR count). The van der Waals surface area contributed by atoms with E-state index < -0.39 is 26.5 Å². The molecule has 516 valence electrons. The summed E-state index contributed by atoms with van der Waals surface area (Å²) >= 11 is 0. The van der Waals surface area contributed by atoms with Gasteiger partial charge >= 0.3 is 19.8 Å². The lowest BCUT2D eigenvalue weighted by molar-refractivity contribution is -0.161. The van der Waals surface area contributed by atoms with Crippen LogP contribution < -0.4 is 5.73 Å². The van der Waals surface area contributed by atoms with Gasteiger partial charge in [0, 0.05) is 19.4 Å². The van der Waals surface area contributed by atoms with Crippen molar-refractivity contribution in [2.75, 3.05) is 26.4 Å². The Kier molecular flexibility index (Phi) is 71.4. The summed E-state index contributed by atoms with van der Waals surface area (Å²) in [6, 6.07) is 0. The van der Waals surface area contributed by atoms with Crippen LogP contribution in [0.1, 0.15) is 361 Å². The molecule has 0 fully saturated rings. The maximum absolute atomic E-state index is 12.8. The summed E-state index contributed by atoms with van der Waals surface area (Å²) in [4.78, 5) is 35.4. The van der Waals surface area contributed by atoms with E-state index in [0.717, 1.165) is 83.5 Å². The summed E-state index contributed by atoms with van der Waals surface area (Å²) in [5.41, 5.74) is 5.41. The molecule has 0 bridgehead atoms. The quantitative estimate of drug-likeness (QED) is 0.0264. The predicted molar refractivity (Wildman–Crippen MR) is 385 cm³/mol. The van der Waals surface area contributed by atoms with Gasteiger partial charge < -0.3 is 20.1 Å². The standard InChI is InChI=1S/C79H142NO8P/c1-3-5-7-9-11-13-15-17-19-21-23-25-27-29-31-33-35-37-38-40-42-44-46-48-50-52-54-56-58-60-62-64-66-68-70-72-79(82)88-77(76-87-89(83,84)86-74-73-80)75-85-78(81)71-69-67-65-63-61-59-57-55-53-51-49-47-45-43-41-39-36-34-32-30-28-26-24-22-20-18-16-14-12-10-8-6-4-2/h5,7,11,13,16-19,22-25,28-31,77H,3-4,6,8-10,12,14-15,20-21,26-27,32-76,80H2,1-2H3,(H,83,84)/b7-5-,13-11-,18-16-,19-17-,24-22-,25-23-,30-28-,31-29-. The highest BCUT2D eigenvalue weighted by molar-refractivity contribution is 7.47. The summed E-state index contributed by atoms with van der Waals surface area (Å²) in [5, 5.41) is 0. The number of allylic oxidation sites excluding steroid dienone is 16. The summed E-state index contributed by atoms with van der Waals surface area (Å²) in [5.74, 6) is -0.812. The minimum absolute atomic E-state index is 0.0527. The SMILES string of the molecule is CC/C=C\C/C=C\C/C=C\C/C=C\C/C=C\CCCCCCCCCCCCCCCCCCCCCC(=O)OC(COC(=O)CCCCCCCCCCCCCCCCCCCC/C=C\C/C=C\C/C=C\CCCCCCC)COP(=O)(O)OCCN. The van der Waals surface area contributed by atoms with Gasteiger partial charge in [-0.05, 0) is 96.3 Å².